The van der Waals surface area contributed by atoms with Crippen LogP contribution in [0.3, 0.4) is 0 Å². The van der Waals surface area contributed by atoms with E-state index in [1.165, 1.54) is 5.56 Å². The molecule has 2 aliphatic rings. The molecule has 22 heavy (non-hydrogen) atoms. The van der Waals surface area contributed by atoms with Gasteiger partial charge in [0, 0.05) is 19.0 Å². The number of aliphatic carboxylic acids is 1. The van der Waals surface area contributed by atoms with Gasteiger partial charge in [-0.25, -0.2) is 0 Å². The van der Waals surface area contributed by atoms with Crippen LogP contribution in [0.25, 0.3) is 0 Å². The van der Waals surface area contributed by atoms with Gasteiger partial charge in [0.2, 0.25) is 0 Å². The Kier molecular flexibility index (Phi) is 3.59. The monoisotopic (exact) mass is 303 g/mol. The van der Waals surface area contributed by atoms with E-state index in [-0.39, 0.29) is 11.9 Å². The number of fused-ring (bicyclic) bond motifs is 1. The van der Waals surface area contributed by atoms with Crippen LogP contribution in [0, 0.1) is 19.8 Å². The molecule has 1 amide bonds. The number of carbonyl (C=O) groups is 2. The average Bonchev–Trinajstić information content (AvgIpc) is 3.02. The number of amides is 1. The fraction of sp³-hybridized carbons (Fsp3) is 0.529. The molecule has 0 aliphatic carbocycles. The highest BCUT2D eigenvalue weighted by molar-refractivity contribution is 5.84. The quantitative estimate of drug-likeness (QED) is 0.906. The number of rotatable bonds is 2. The maximum absolute atomic E-state index is 12.7. The van der Waals surface area contributed by atoms with Crippen LogP contribution in [0.5, 0.6) is 5.75 Å². The molecular weight excluding hydrogens is 282 g/mol. The number of carboxylic acids is 1. The molecule has 3 unspecified atom stereocenters. The Labute approximate surface area is 129 Å². The second kappa shape index (κ2) is 5.30. The van der Waals surface area contributed by atoms with Crippen LogP contribution in [0.2, 0.25) is 0 Å². The van der Waals surface area contributed by atoms with Gasteiger partial charge in [-0.1, -0.05) is 6.07 Å². The second-order valence-corrected chi connectivity index (χ2v) is 6.36. The molecule has 1 aromatic rings. The number of hydrogen-bond donors (Lipinski definition) is 1. The zero-order chi connectivity index (χ0) is 16.0. The Bertz CT molecular complexity index is 609. The van der Waals surface area contributed by atoms with E-state index in [0.717, 1.165) is 16.9 Å². The van der Waals surface area contributed by atoms with E-state index in [2.05, 4.69) is 6.07 Å². The molecule has 118 valence electrons. The fourth-order valence-electron chi connectivity index (χ4n) is 3.42. The van der Waals surface area contributed by atoms with E-state index in [1.807, 2.05) is 19.9 Å². The zero-order valence-corrected chi connectivity index (χ0v) is 13.1. The van der Waals surface area contributed by atoms with Crippen LogP contribution in [-0.2, 0) is 16.0 Å². The predicted octanol–water partition coefficient (Wildman–Crippen LogP) is 1.93. The van der Waals surface area contributed by atoms with Gasteiger partial charge < -0.3 is 14.7 Å². The Morgan fingerprint density at radius 2 is 1.95 bits per heavy atom. The third kappa shape index (κ3) is 2.34. The first-order chi connectivity index (χ1) is 10.4. The lowest BCUT2D eigenvalue weighted by molar-refractivity contribution is -0.144. The maximum Gasteiger partial charge on any atom is 0.308 e. The second-order valence-electron chi connectivity index (χ2n) is 6.36. The summed E-state index contributed by atoms with van der Waals surface area (Å²) in [5.74, 6) is -0.618. The van der Waals surface area contributed by atoms with E-state index in [0.29, 0.717) is 19.4 Å². The van der Waals surface area contributed by atoms with Gasteiger partial charge in [-0.2, -0.15) is 0 Å². The lowest BCUT2D eigenvalue weighted by Gasteiger charge is -2.25. The molecule has 1 fully saturated rings. The molecule has 0 bridgehead atoms. The molecule has 5 heteroatoms. The van der Waals surface area contributed by atoms with Crippen LogP contribution in [0.4, 0.5) is 0 Å². The molecule has 0 saturated carbocycles. The minimum Gasteiger partial charge on any atom is -0.481 e. The van der Waals surface area contributed by atoms with E-state index >= 15 is 0 Å². The highest BCUT2D eigenvalue weighted by atomic mass is 16.5. The van der Waals surface area contributed by atoms with Gasteiger partial charge in [0.25, 0.3) is 5.91 Å². The minimum absolute atomic E-state index is 0.0947. The molecule has 3 rings (SSSR count). The van der Waals surface area contributed by atoms with Crippen molar-refractivity contribution in [2.24, 2.45) is 5.92 Å². The van der Waals surface area contributed by atoms with E-state index in [9.17, 15) is 14.7 Å². The highest BCUT2D eigenvalue weighted by Gasteiger charge is 2.42. The normalized spacial score (nSPS) is 26.7. The first kappa shape index (κ1) is 14.9. The number of likely N-dealkylation sites (tertiary alicyclic amines) is 1. The van der Waals surface area contributed by atoms with Crippen molar-refractivity contribution in [1.29, 1.82) is 0 Å². The number of ether oxygens (including phenoxy) is 1. The summed E-state index contributed by atoms with van der Waals surface area (Å²) in [5, 5.41) is 9.18. The number of nitrogens with zero attached hydrogens (tertiary/aromatic N) is 1. The summed E-state index contributed by atoms with van der Waals surface area (Å²) in [5.41, 5.74) is 3.39. The van der Waals surface area contributed by atoms with Crippen LogP contribution in [0.1, 0.15) is 30.0 Å². The van der Waals surface area contributed by atoms with Crippen LogP contribution < -0.4 is 4.74 Å². The molecule has 1 aromatic carbocycles. The van der Waals surface area contributed by atoms with Crippen molar-refractivity contribution in [3.05, 3.63) is 28.8 Å². The predicted molar refractivity (Wildman–Crippen MR) is 81.0 cm³/mol. The van der Waals surface area contributed by atoms with Crippen molar-refractivity contribution < 1.29 is 19.4 Å². The van der Waals surface area contributed by atoms with Crippen LogP contribution >= 0.6 is 0 Å². The van der Waals surface area contributed by atoms with E-state index < -0.39 is 18.0 Å². The molecule has 1 N–H and O–H groups in total. The van der Waals surface area contributed by atoms with Crippen LogP contribution in [-0.4, -0.2) is 40.6 Å². The highest BCUT2D eigenvalue weighted by Crippen LogP contribution is 2.33. The van der Waals surface area contributed by atoms with Crippen molar-refractivity contribution in [3.63, 3.8) is 0 Å². The van der Waals surface area contributed by atoms with Gasteiger partial charge in [-0.05, 0) is 49.9 Å². The Balaban J connectivity index is 1.74. The Morgan fingerprint density at radius 3 is 2.59 bits per heavy atom. The SMILES string of the molecule is Cc1cc2c(cc1C)OC(C(=O)N1CCC(C(=O)O)C1C)C2. The lowest BCUT2D eigenvalue weighted by Crippen LogP contribution is -2.44. The van der Waals surface area contributed by atoms with Crippen molar-refractivity contribution in [1.82, 2.24) is 4.90 Å². The number of benzene rings is 1. The zero-order valence-electron chi connectivity index (χ0n) is 13.1. The van der Waals surface area contributed by atoms with E-state index in [1.54, 1.807) is 11.8 Å². The van der Waals surface area contributed by atoms with Crippen molar-refractivity contribution in [3.8, 4) is 5.75 Å². The summed E-state index contributed by atoms with van der Waals surface area (Å²) in [6.45, 7) is 6.37. The molecule has 1 saturated heterocycles. The van der Waals surface area contributed by atoms with Gasteiger partial charge >= 0.3 is 5.97 Å². The number of carboxylic acid groups (broad SMARTS) is 1. The first-order valence-electron chi connectivity index (χ1n) is 7.68. The molecule has 2 aliphatic heterocycles. The standard InChI is InChI=1S/C17H21NO4/c1-9-6-12-8-15(22-14(12)7-10(9)2)16(19)18-5-4-13(11(18)3)17(20)21/h6-7,11,13,15H,4-5,8H2,1-3H3,(H,20,21). The molecule has 3 atom stereocenters. The van der Waals surface area contributed by atoms with Gasteiger partial charge in [-0.15, -0.1) is 0 Å². The molecular formula is C17H21NO4. The summed E-state index contributed by atoms with van der Waals surface area (Å²) < 4.78 is 5.82. The van der Waals surface area contributed by atoms with Gasteiger partial charge in [0.1, 0.15) is 5.75 Å². The van der Waals surface area contributed by atoms with Crippen molar-refractivity contribution in [2.75, 3.05) is 6.54 Å². The maximum atomic E-state index is 12.7. The minimum atomic E-state index is -0.829. The third-order valence-corrected chi connectivity index (χ3v) is 4.98. The van der Waals surface area contributed by atoms with Gasteiger partial charge in [0.05, 0.1) is 5.92 Å². The number of aryl methyl sites for hydroxylation is 2. The topological polar surface area (TPSA) is 66.8 Å². The molecule has 0 spiro atoms. The number of hydrogen-bond acceptors (Lipinski definition) is 3. The van der Waals surface area contributed by atoms with Crippen LogP contribution in [0.15, 0.2) is 12.1 Å². The average molecular weight is 303 g/mol. The van der Waals surface area contributed by atoms with E-state index in [4.69, 9.17) is 4.74 Å². The summed E-state index contributed by atoms with van der Waals surface area (Å²) in [6, 6.07) is 3.78. The molecule has 5 nitrogen and oxygen atoms in total. The smallest absolute Gasteiger partial charge is 0.308 e. The fourth-order valence-corrected chi connectivity index (χ4v) is 3.42. The summed E-state index contributed by atoms with van der Waals surface area (Å²) in [7, 11) is 0. The molecule has 0 aromatic heterocycles. The van der Waals surface area contributed by atoms with Gasteiger partial charge in [0.15, 0.2) is 6.10 Å². The number of carbonyl (C=O) groups excluding carboxylic acids is 1. The van der Waals surface area contributed by atoms with Crippen molar-refractivity contribution >= 4 is 11.9 Å². The summed E-state index contributed by atoms with van der Waals surface area (Å²) in [4.78, 5) is 25.5. The lowest BCUT2D eigenvalue weighted by atomic mass is 10.0. The first-order valence-corrected chi connectivity index (χ1v) is 7.68. The summed E-state index contributed by atoms with van der Waals surface area (Å²) in [6.07, 6.45) is 0.558. The third-order valence-electron chi connectivity index (χ3n) is 4.98. The largest absolute Gasteiger partial charge is 0.481 e. The Morgan fingerprint density at radius 1 is 1.27 bits per heavy atom. The Hall–Kier alpha value is -2.04. The summed E-state index contributed by atoms with van der Waals surface area (Å²) >= 11 is 0. The molecule has 0 radical (unpaired) electrons. The molecule has 2 heterocycles. The van der Waals surface area contributed by atoms with Crippen molar-refractivity contribution in [2.45, 2.75) is 45.8 Å². The van der Waals surface area contributed by atoms with Gasteiger partial charge in [-0.3, -0.25) is 9.59 Å².